The SMILES string of the molecule is CNC(Cc1ccc(Br)cc1)c1ccc(F)c(F)c1Br. The van der Waals surface area contributed by atoms with Gasteiger partial charge in [-0.05, 0) is 58.7 Å². The Morgan fingerprint density at radius 3 is 2.30 bits per heavy atom. The lowest BCUT2D eigenvalue weighted by molar-refractivity contribution is 0.495. The fourth-order valence-electron chi connectivity index (χ4n) is 2.03. The van der Waals surface area contributed by atoms with Gasteiger partial charge in [-0.25, -0.2) is 8.78 Å². The molecule has 106 valence electrons. The van der Waals surface area contributed by atoms with E-state index in [-0.39, 0.29) is 10.5 Å². The van der Waals surface area contributed by atoms with Crippen LogP contribution in [0.3, 0.4) is 0 Å². The van der Waals surface area contributed by atoms with Crippen LogP contribution in [0.5, 0.6) is 0 Å². The highest BCUT2D eigenvalue weighted by Crippen LogP contribution is 2.29. The van der Waals surface area contributed by atoms with E-state index in [4.69, 9.17) is 0 Å². The van der Waals surface area contributed by atoms with Gasteiger partial charge in [0, 0.05) is 10.5 Å². The number of benzene rings is 2. The van der Waals surface area contributed by atoms with E-state index in [0.717, 1.165) is 16.1 Å². The van der Waals surface area contributed by atoms with E-state index in [2.05, 4.69) is 37.2 Å². The van der Waals surface area contributed by atoms with E-state index in [1.54, 1.807) is 13.1 Å². The molecule has 1 nitrogen and oxygen atoms in total. The highest BCUT2D eigenvalue weighted by atomic mass is 79.9. The number of rotatable bonds is 4. The van der Waals surface area contributed by atoms with Gasteiger partial charge in [-0.2, -0.15) is 0 Å². The average Bonchev–Trinajstić information content (AvgIpc) is 2.45. The van der Waals surface area contributed by atoms with Crippen molar-refractivity contribution in [2.24, 2.45) is 0 Å². The molecule has 0 amide bonds. The molecule has 0 spiro atoms. The van der Waals surface area contributed by atoms with Crippen LogP contribution < -0.4 is 5.32 Å². The summed E-state index contributed by atoms with van der Waals surface area (Å²) in [5, 5.41) is 3.14. The molecule has 1 N–H and O–H groups in total. The molecule has 5 heteroatoms. The van der Waals surface area contributed by atoms with E-state index in [0.29, 0.717) is 12.0 Å². The summed E-state index contributed by atoms with van der Waals surface area (Å²) in [5.74, 6) is -1.70. The van der Waals surface area contributed by atoms with Crippen molar-refractivity contribution in [3.05, 3.63) is 68.1 Å². The number of hydrogen-bond acceptors (Lipinski definition) is 1. The molecule has 0 heterocycles. The smallest absolute Gasteiger partial charge is 0.173 e. The van der Waals surface area contributed by atoms with Crippen LogP contribution in [0.4, 0.5) is 8.78 Å². The minimum absolute atomic E-state index is 0.0966. The molecule has 1 unspecified atom stereocenters. The zero-order valence-corrected chi connectivity index (χ0v) is 13.9. The van der Waals surface area contributed by atoms with Crippen LogP contribution in [0.1, 0.15) is 17.2 Å². The second-order valence-electron chi connectivity index (χ2n) is 4.44. The Labute approximate surface area is 133 Å². The van der Waals surface area contributed by atoms with Gasteiger partial charge in [0.15, 0.2) is 11.6 Å². The third-order valence-corrected chi connectivity index (χ3v) is 4.48. The molecule has 2 aromatic rings. The first-order chi connectivity index (χ1) is 9.52. The molecular weight excluding hydrogens is 392 g/mol. The lowest BCUT2D eigenvalue weighted by Crippen LogP contribution is -2.19. The van der Waals surface area contributed by atoms with E-state index < -0.39 is 11.6 Å². The average molecular weight is 405 g/mol. The fourth-order valence-corrected chi connectivity index (χ4v) is 2.90. The lowest BCUT2D eigenvalue weighted by atomic mass is 9.99. The molecule has 0 aromatic heterocycles. The predicted molar refractivity (Wildman–Crippen MR) is 83.7 cm³/mol. The van der Waals surface area contributed by atoms with Gasteiger partial charge in [0.25, 0.3) is 0 Å². The highest BCUT2D eigenvalue weighted by molar-refractivity contribution is 9.10. The van der Waals surface area contributed by atoms with E-state index in [1.165, 1.54) is 0 Å². The van der Waals surface area contributed by atoms with Gasteiger partial charge < -0.3 is 5.32 Å². The molecule has 2 aromatic carbocycles. The van der Waals surface area contributed by atoms with Crippen molar-refractivity contribution < 1.29 is 8.78 Å². The maximum atomic E-state index is 13.6. The number of halogens is 4. The summed E-state index contributed by atoms with van der Waals surface area (Å²) in [6, 6.07) is 10.6. The first-order valence-electron chi connectivity index (χ1n) is 6.08. The summed E-state index contributed by atoms with van der Waals surface area (Å²) in [6.45, 7) is 0. The van der Waals surface area contributed by atoms with Crippen LogP contribution >= 0.6 is 31.9 Å². The molecule has 2 rings (SSSR count). The molecule has 0 radical (unpaired) electrons. The van der Waals surface area contributed by atoms with Crippen molar-refractivity contribution in [3.63, 3.8) is 0 Å². The number of nitrogens with one attached hydrogen (secondary N) is 1. The van der Waals surface area contributed by atoms with Gasteiger partial charge in [0.2, 0.25) is 0 Å². The third kappa shape index (κ3) is 3.45. The van der Waals surface area contributed by atoms with Crippen molar-refractivity contribution in [1.82, 2.24) is 5.32 Å². The summed E-state index contributed by atoms with van der Waals surface area (Å²) in [5.41, 5.74) is 1.82. The monoisotopic (exact) mass is 403 g/mol. The van der Waals surface area contributed by atoms with Gasteiger partial charge in [-0.15, -0.1) is 0 Å². The fraction of sp³-hybridized carbons (Fsp3) is 0.200. The molecule has 0 saturated carbocycles. The molecule has 0 fully saturated rings. The molecule has 0 saturated heterocycles. The van der Waals surface area contributed by atoms with Crippen LogP contribution in [0.25, 0.3) is 0 Å². The summed E-state index contributed by atoms with van der Waals surface area (Å²) in [6.07, 6.45) is 0.688. The Balaban J connectivity index is 2.29. The Bertz CT molecular complexity index is 600. The maximum Gasteiger partial charge on any atom is 0.173 e. The highest BCUT2D eigenvalue weighted by Gasteiger charge is 2.18. The summed E-state index contributed by atoms with van der Waals surface area (Å²) < 4.78 is 28.0. The first-order valence-corrected chi connectivity index (χ1v) is 7.66. The molecular formula is C15H13Br2F2N. The Kier molecular flexibility index (Phi) is 5.29. The molecule has 0 aliphatic heterocycles. The molecule has 0 aliphatic carbocycles. The van der Waals surface area contributed by atoms with Gasteiger partial charge in [0.1, 0.15) is 0 Å². The summed E-state index contributed by atoms with van der Waals surface area (Å²) >= 11 is 6.52. The predicted octanol–water partition coefficient (Wildman–Crippen LogP) is 4.99. The van der Waals surface area contributed by atoms with E-state index in [9.17, 15) is 8.78 Å². The van der Waals surface area contributed by atoms with Crippen LogP contribution in [0.2, 0.25) is 0 Å². The van der Waals surface area contributed by atoms with Crippen LogP contribution in [-0.2, 0) is 6.42 Å². The van der Waals surface area contributed by atoms with Crippen LogP contribution in [0, 0.1) is 11.6 Å². The maximum absolute atomic E-state index is 13.6. The van der Waals surface area contributed by atoms with Crippen molar-refractivity contribution in [2.45, 2.75) is 12.5 Å². The van der Waals surface area contributed by atoms with Gasteiger partial charge >= 0.3 is 0 Å². The Hall–Kier alpha value is -0.780. The van der Waals surface area contributed by atoms with Gasteiger partial charge in [0.05, 0.1) is 4.47 Å². The molecule has 20 heavy (non-hydrogen) atoms. The summed E-state index contributed by atoms with van der Waals surface area (Å²) in [7, 11) is 1.80. The van der Waals surface area contributed by atoms with Crippen molar-refractivity contribution in [1.29, 1.82) is 0 Å². The number of likely N-dealkylation sites (N-methyl/N-ethyl adjacent to an activating group) is 1. The zero-order chi connectivity index (χ0) is 14.7. The van der Waals surface area contributed by atoms with Gasteiger partial charge in [-0.1, -0.05) is 34.1 Å². The zero-order valence-electron chi connectivity index (χ0n) is 10.8. The van der Waals surface area contributed by atoms with E-state index >= 15 is 0 Å². The molecule has 0 bridgehead atoms. The largest absolute Gasteiger partial charge is 0.313 e. The standard InChI is InChI=1S/C15H13Br2F2N/c1-20-13(8-9-2-4-10(16)5-3-9)11-6-7-12(18)15(19)14(11)17/h2-7,13,20H,8H2,1H3. The van der Waals surface area contributed by atoms with Crippen molar-refractivity contribution in [2.75, 3.05) is 7.05 Å². The third-order valence-electron chi connectivity index (χ3n) is 3.14. The second kappa shape index (κ2) is 6.78. The van der Waals surface area contributed by atoms with E-state index in [1.807, 2.05) is 24.3 Å². The number of hydrogen-bond donors (Lipinski definition) is 1. The minimum Gasteiger partial charge on any atom is -0.313 e. The minimum atomic E-state index is -0.849. The Morgan fingerprint density at radius 1 is 1.05 bits per heavy atom. The first kappa shape index (κ1) is 15.6. The van der Waals surface area contributed by atoms with Crippen molar-refractivity contribution >= 4 is 31.9 Å². The molecule has 1 atom stereocenters. The van der Waals surface area contributed by atoms with Crippen molar-refractivity contribution in [3.8, 4) is 0 Å². The van der Waals surface area contributed by atoms with Crippen LogP contribution in [-0.4, -0.2) is 7.05 Å². The Morgan fingerprint density at radius 2 is 1.70 bits per heavy atom. The van der Waals surface area contributed by atoms with Crippen LogP contribution in [0.15, 0.2) is 45.3 Å². The quantitative estimate of drug-likeness (QED) is 0.707. The lowest BCUT2D eigenvalue weighted by Gasteiger charge is -2.19. The topological polar surface area (TPSA) is 12.0 Å². The second-order valence-corrected chi connectivity index (χ2v) is 6.15. The normalized spacial score (nSPS) is 12.4. The summed E-state index contributed by atoms with van der Waals surface area (Å²) in [4.78, 5) is 0. The van der Waals surface area contributed by atoms with Gasteiger partial charge in [-0.3, -0.25) is 0 Å². The molecule has 0 aliphatic rings.